The molecule has 5 nitrogen and oxygen atoms in total. The zero-order chi connectivity index (χ0) is 26.1. The van der Waals surface area contributed by atoms with Crippen LogP contribution in [0.5, 0.6) is 0 Å². The predicted octanol–water partition coefficient (Wildman–Crippen LogP) is 6.64. The van der Waals surface area contributed by atoms with E-state index >= 15 is 0 Å². The van der Waals surface area contributed by atoms with Crippen LogP contribution in [-0.4, -0.2) is 21.1 Å². The van der Waals surface area contributed by atoms with Crippen molar-refractivity contribution < 1.29 is 4.79 Å². The maximum Gasteiger partial charge on any atom is 0.152 e. The number of nitrogens with two attached hydrogens (primary N) is 1. The Morgan fingerprint density at radius 3 is 1.82 bits per heavy atom. The highest BCUT2D eigenvalue weighted by Gasteiger charge is 2.41. The predicted molar refractivity (Wildman–Crippen MR) is 152 cm³/mol. The van der Waals surface area contributed by atoms with E-state index in [-0.39, 0.29) is 0 Å². The second kappa shape index (κ2) is 9.45. The lowest BCUT2D eigenvalue weighted by Gasteiger charge is -2.37. The summed E-state index contributed by atoms with van der Waals surface area (Å²) in [6.45, 7) is 1.96. The lowest BCUT2D eigenvalue weighted by molar-refractivity contribution is 0.112. The average molecular weight is 495 g/mol. The van der Waals surface area contributed by atoms with E-state index in [0.717, 1.165) is 50.8 Å². The molecule has 0 aliphatic carbocycles. The molecule has 184 valence electrons. The number of nitrogen functional groups attached to an aromatic ring is 1. The van der Waals surface area contributed by atoms with Crippen molar-refractivity contribution in [3.05, 3.63) is 149 Å². The van der Waals surface area contributed by atoms with E-state index in [4.69, 9.17) is 10.8 Å². The Kier molecular flexibility index (Phi) is 5.81. The van der Waals surface area contributed by atoms with Crippen LogP contribution in [0.1, 0.15) is 32.7 Å². The Labute approximate surface area is 221 Å². The van der Waals surface area contributed by atoms with Gasteiger partial charge in [0.2, 0.25) is 0 Å². The SMILES string of the molecule is Cc1cc(-c2nn(C(c3ccccc3)(c3ccccc3)c3ccccc3)c3cc(N)c(C=O)cc23)ccn1. The van der Waals surface area contributed by atoms with Crippen molar-refractivity contribution >= 4 is 22.9 Å². The van der Waals surface area contributed by atoms with Gasteiger partial charge in [-0.3, -0.25) is 9.78 Å². The fraction of sp³-hybridized carbons (Fsp3) is 0.0606. The number of carbonyl (C=O) groups is 1. The Hall–Kier alpha value is -5.03. The zero-order valence-electron chi connectivity index (χ0n) is 21.0. The number of aryl methyl sites for hydroxylation is 1. The van der Waals surface area contributed by atoms with E-state index in [1.165, 1.54) is 0 Å². The molecule has 0 atom stereocenters. The van der Waals surface area contributed by atoms with Gasteiger partial charge in [-0.1, -0.05) is 91.0 Å². The summed E-state index contributed by atoms with van der Waals surface area (Å²) >= 11 is 0. The lowest BCUT2D eigenvalue weighted by Crippen LogP contribution is -2.38. The lowest BCUT2D eigenvalue weighted by atomic mass is 9.77. The molecule has 0 saturated heterocycles. The van der Waals surface area contributed by atoms with Gasteiger partial charge in [0.1, 0.15) is 11.2 Å². The van der Waals surface area contributed by atoms with E-state index in [0.29, 0.717) is 11.3 Å². The monoisotopic (exact) mass is 494 g/mol. The fourth-order valence-electron chi connectivity index (χ4n) is 5.36. The van der Waals surface area contributed by atoms with Gasteiger partial charge in [0.25, 0.3) is 0 Å². The third kappa shape index (κ3) is 3.68. The van der Waals surface area contributed by atoms with Crippen LogP contribution < -0.4 is 5.73 Å². The molecule has 0 radical (unpaired) electrons. The van der Waals surface area contributed by atoms with Crippen molar-refractivity contribution in [2.24, 2.45) is 0 Å². The Balaban J connectivity index is 1.82. The molecule has 0 unspecified atom stereocenters. The largest absolute Gasteiger partial charge is 0.398 e. The third-order valence-electron chi connectivity index (χ3n) is 7.07. The highest BCUT2D eigenvalue weighted by Crippen LogP contribution is 2.44. The number of aromatic nitrogens is 3. The highest BCUT2D eigenvalue weighted by atomic mass is 16.1. The summed E-state index contributed by atoms with van der Waals surface area (Å²) in [4.78, 5) is 16.3. The van der Waals surface area contributed by atoms with Crippen molar-refractivity contribution in [3.8, 4) is 11.3 Å². The van der Waals surface area contributed by atoms with Gasteiger partial charge < -0.3 is 5.73 Å². The first kappa shape index (κ1) is 23.4. The van der Waals surface area contributed by atoms with Gasteiger partial charge in [-0.15, -0.1) is 0 Å². The Bertz CT molecular complexity index is 1650. The van der Waals surface area contributed by atoms with E-state index < -0.39 is 5.54 Å². The van der Waals surface area contributed by atoms with Crippen LogP contribution >= 0.6 is 0 Å². The molecule has 0 bridgehead atoms. The number of pyridine rings is 1. The number of hydrogen-bond acceptors (Lipinski definition) is 4. The maximum absolute atomic E-state index is 11.9. The number of anilines is 1. The molecule has 6 aromatic rings. The summed E-state index contributed by atoms with van der Waals surface area (Å²) in [6.07, 6.45) is 2.58. The molecular formula is C33H26N4O. The Morgan fingerprint density at radius 2 is 1.32 bits per heavy atom. The first-order chi connectivity index (χ1) is 18.6. The minimum Gasteiger partial charge on any atom is -0.398 e. The highest BCUT2D eigenvalue weighted by molar-refractivity contribution is 6.00. The third-order valence-corrected chi connectivity index (χ3v) is 7.07. The summed E-state index contributed by atoms with van der Waals surface area (Å²) < 4.78 is 2.07. The normalized spacial score (nSPS) is 11.5. The molecule has 0 fully saturated rings. The van der Waals surface area contributed by atoms with E-state index in [9.17, 15) is 4.79 Å². The molecule has 38 heavy (non-hydrogen) atoms. The molecule has 0 saturated carbocycles. The molecule has 0 aliphatic heterocycles. The topological polar surface area (TPSA) is 73.8 Å². The number of fused-ring (bicyclic) bond motifs is 1. The molecule has 2 heterocycles. The summed E-state index contributed by atoms with van der Waals surface area (Å²) in [5.74, 6) is 0. The molecule has 0 aliphatic rings. The van der Waals surface area contributed by atoms with Crippen molar-refractivity contribution in [3.63, 3.8) is 0 Å². The quantitative estimate of drug-likeness (QED) is 0.160. The molecule has 2 aromatic heterocycles. The van der Waals surface area contributed by atoms with E-state index in [2.05, 4.69) is 46.1 Å². The second-order valence-corrected chi connectivity index (χ2v) is 9.37. The molecule has 2 N–H and O–H groups in total. The number of hydrogen-bond donors (Lipinski definition) is 1. The maximum atomic E-state index is 11.9. The molecule has 6 rings (SSSR count). The minimum absolute atomic E-state index is 0.411. The Morgan fingerprint density at radius 1 is 0.763 bits per heavy atom. The number of nitrogens with zero attached hydrogens (tertiary/aromatic N) is 3. The van der Waals surface area contributed by atoms with Crippen molar-refractivity contribution in [1.82, 2.24) is 14.8 Å². The van der Waals surface area contributed by atoms with Gasteiger partial charge in [-0.2, -0.15) is 5.10 Å². The first-order valence-electron chi connectivity index (χ1n) is 12.5. The molecule has 0 spiro atoms. The molecular weight excluding hydrogens is 468 g/mol. The van der Waals surface area contributed by atoms with Crippen LogP contribution in [0.3, 0.4) is 0 Å². The zero-order valence-corrected chi connectivity index (χ0v) is 21.0. The summed E-state index contributed by atoms with van der Waals surface area (Å²) in [6, 6.07) is 38.8. The van der Waals surface area contributed by atoms with Crippen LogP contribution in [0.4, 0.5) is 5.69 Å². The summed E-state index contributed by atoms with van der Waals surface area (Å²) in [7, 11) is 0. The number of rotatable bonds is 6. The van der Waals surface area contributed by atoms with Crippen molar-refractivity contribution in [1.29, 1.82) is 0 Å². The van der Waals surface area contributed by atoms with Crippen LogP contribution in [0, 0.1) is 6.92 Å². The number of benzene rings is 4. The van der Waals surface area contributed by atoms with Crippen LogP contribution in [0.15, 0.2) is 121 Å². The van der Waals surface area contributed by atoms with Gasteiger partial charge >= 0.3 is 0 Å². The first-order valence-corrected chi connectivity index (χ1v) is 12.5. The van der Waals surface area contributed by atoms with E-state index in [1.54, 1.807) is 6.20 Å². The van der Waals surface area contributed by atoms with Crippen LogP contribution in [-0.2, 0) is 5.54 Å². The number of aldehydes is 1. The second-order valence-electron chi connectivity index (χ2n) is 9.37. The van der Waals surface area contributed by atoms with Gasteiger partial charge in [0, 0.05) is 34.1 Å². The summed E-state index contributed by atoms with van der Waals surface area (Å²) in [5.41, 5.74) is 13.0. The van der Waals surface area contributed by atoms with Crippen LogP contribution in [0.25, 0.3) is 22.2 Å². The van der Waals surface area contributed by atoms with Gasteiger partial charge in [0.05, 0.1) is 5.52 Å². The minimum atomic E-state index is -0.822. The van der Waals surface area contributed by atoms with Gasteiger partial charge in [0.15, 0.2) is 6.29 Å². The summed E-state index contributed by atoms with van der Waals surface area (Å²) in [5, 5.41) is 6.18. The smallest absolute Gasteiger partial charge is 0.152 e. The number of carbonyl (C=O) groups excluding carboxylic acids is 1. The molecule has 5 heteroatoms. The van der Waals surface area contributed by atoms with Gasteiger partial charge in [-0.25, -0.2) is 4.68 Å². The molecule has 4 aromatic carbocycles. The van der Waals surface area contributed by atoms with Crippen molar-refractivity contribution in [2.75, 3.05) is 5.73 Å². The standard InChI is InChI=1S/C33H26N4O/c1-23-19-24(17-18-35-23)32-29-20-25(22-38)30(34)21-31(29)37(36-32)33(26-11-5-2-6-12-26,27-13-7-3-8-14-27)28-15-9-4-10-16-28/h2-22H,34H2,1H3. The fourth-order valence-corrected chi connectivity index (χ4v) is 5.36. The van der Waals surface area contributed by atoms with Crippen molar-refractivity contribution in [2.45, 2.75) is 12.5 Å². The average Bonchev–Trinajstić information content (AvgIpc) is 3.33. The van der Waals surface area contributed by atoms with Crippen LogP contribution in [0.2, 0.25) is 0 Å². The van der Waals surface area contributed by atoms with E-state index in [1.807, 2.05) is 85.8 Å². The van der Waals surface area contributed by atoms with Gasteiger partial charge in [-0.05, 0) is 47.9 Å². The molecule has 0 amide bonds.